The molecule has 1 fully saturated rings. The molecule has 1 amide bonds. The summed E-state index contributed by atoms with van der Waals surface area (Å²) < 4.78 is 37.3. The van der Waals surface area contributed by atoms with Crippen LogP contribution in [0, 0.1) is 0 Å². The van der Waals surface area contributed by atoms with Gasteiger partial charge in [0.05, 0.1) is 19.1 Å². The average molecular weight is 431 g/mol. The second-order valence-corrected chi connectivity index (χ2v) is 8.90. The molecule has 7 nitrogen and oxygen atoms in total. The number of nitrogens with one attached hydrogen (secondary N) is 1. The second-order valence-electron chi connectivity index (χ2n) is 6.96. The van der Waals surface area contributed by atoms with E-state index < -0.39 is 10.0 Å². The molecule has 1 aliphatic heterocycles. The predicted molar refractivity (Wildman–Crippen MR) is 116 cm³/mol. The summed E-state index contributed by atoms with van der Waals surface area (Å²) in [7, 11) is -0.365. The average Bonchev–Trinajstić information content (AvgIpc) is 2.78. The summed E-state index contributed by atoms with van der Waals surface area (Å²) in [4.78, 5) is 12.5. The molecule has 0 saturated carbocycles. The lowest BCUT2D eigenvalue weighted by Gasteiger charge is -2.25. The Morgan fingerprint density at radius 1 is 0.967 bits per heavy atom. The summed E-state index contributed by atoms with van der Waals surface area (Å²) >= 11 is 0. The number of piperidine rings is 1. The molecule has 1 heterocycles. The zero-order valence-corrected chi connectivity index (χ0v) is 17.9. The highest BCUT2D eigenvalue weighted by Crippen LogP contribution is 2.24. The van der Waals surface area contributed by atoms with Crippen LogP contribution in [0.15, 0.2) is 53.4 Å². The molecule has 2 aromatic carbocycles. The first-order valence-electron chi connectivity index (χ1n) is 9.75. The molecule has 0 atom stereocenters. The summed E-state index contributed by atoms with van der Waals surface area (Å²) in [5.74, 6) is 0.920. The van der Waals surface area contributed by atoms with Gasteiger partial charge in [-0.15, -0.1) is 0 Å². The molecule has 0 unspecified atom stereocenters. The van der Waals surface area contributed by atoms with E-state index in [2.05, 4.69) is 5.32 Å². The lowest BCUT2D eigenvalue weighted by atomic mass is 10.2. The Kier molecular flexibility index (Phi) is 7.12. The minimum absolute atomic E-state index is 0.237. The number of sulfonamides is 1. The summed E-state index contributed by atoms with van der Waals surface area (Å²) in [6.07, 6.45) is 5.88. The lowest BCUT2D eigenvalue weighted by Crippen LogP contribution is -2.35. The van der Waals surface area contributed by atoms with Crippen LogP contribution in [0.4, 0.5) is 5.69 Å². The van der Waals surface area contributed by atoms with E-state index in [0.29, 0.717) is 30.3 Å². The maximum Gasteiger partial charge on any atom is 0.248 e. The van der Waals surface area contributed by atoms with Crippen molar-refractivity contribution >= 4 is 27.7 Å². The smallest absolute Gasteiger partial charge is 0.248 e. The monoisotopic (exact) mass is 430 g/mol. The molecule has 0 bridgehead atoms. The highest BCUT2D eigenvalue weighted by atomic mass is 32.2. The van der Waals surface area contributed by atoms with E-state index in [-0.39, 0.29) is 10.8 Å². The number of rotatable bonds is 7. The normalized spacial score (nSPS) is 15.1. The van der Waals surface area contributed by atoms with Gasteiger partial charge >= 0.3 is 0 Å². The molecule has 0 spiro atoms. The van der Waals surface area contributed by atoms with E-state index in [1.54, 1.807) is 50.6 Å². The van der Waals surface area contributed by atoms with Crippen molar-refractivity contribution in [1.29, 1.82) is 0 Å². The quantitative estimate of drug-likeness (QED) is 0.680. The third-order valence-electron chi connectivity index (χ3n) is 4.88. The summed E-state index contributed by atoms with van der Waals surface area (Å²) in [6.45, 7) is 1.11. The number of nitrogens with zero attached hydrogens (tertiary/aromatic N) is 1. The van der Waals surface area contributed by atoms with Crippen molar-refractivity contribution in [2.75, 3.05) is 32.6 Å². The molecule has 1 N–H and O–H groups in total. The first-order chi connectivity index (χ1) is 14.4. The van der Waals surface area contributed by atoms with Crippen LogP contribution >= 0.6 is 0 Å². The molecule has 1 aliphatic rings. The van der Waals surface area contributed by atoms with Gasteiger partial charge in [-0.05, 0) is 60.9 Å². The van der Waals surface area contributed by atoms with Gasteiger partial charge in [0.2, 0.25) is 15.9 Å². The number of ether oxygens (including phenoxy) is 2. The molecular formula is C22H26N2O5S. The number of hydrogen-bond donors (Lipinski definition) is 1. The standard InChI is InChI=1S/C22H26N2O5S/c1-28-19-14-17(15-20(16-19)29-2)6-11-22(25)23-18-7-9-21(10-8-18)30(26,27)24-12-4-3-5-13-24/h6-11,14-16H,3-5,12-13H2,1-2H3,(H,23,25)/b11-6+. The van der Waals surface area contributed by atoms with Crippen LogP contribution in [0.3, 0.4) is 0 Å². The lowest BCUT2D eigenvalue weighted by molar-refractivity contribution is -0.111. The van der Waals surface area contributed by atoms with Gasteiger partial charge in [0.15, 0.2) is 0 Å². The van der Waals surface area contributed by atoms with E-state index in [9.17, 15) is 13.2 Å². The number of hydrogen-bond acceptors (Lipinski definition) is 5. The van der Waals surface area contributed by atoms with E-state index in [4.69, 9.17) is 9.47 Å². The van der Waals surface area contributed by atoms with Gasteiger partial charge in [0, 0.05) is 30.9 Å². The molecule has 30 heavy (non-hydrogen) atoms. The van der Waals surface area contributed by atoms with Crippen molar-refractivity contribution in [3.05, 3.63) is 54.1 Å². The molecule has 1 saturated heterocycles. The third kappa shape index (κ3) is 5.40. The Morgan fingerprint density at radius 2 is 1.57 bits per heavy atom. The Hall–Kier alpha value is -2.84. The number of benzene rings is 2. The highest BCUT2D eigenvalue weighted by Gasteiger charge is 2.25. The number of carbonyl (C=O) groups is 1. The second kappa shape index (κ2) is 9.77. The van der Waals surface area contributed by atoms with Crippen LogP contribution in [-0.4, -0.2) is 45.9 Å². The van der Waals surface area contributed by atoms with Crippen molar-refractivity contribution in [3.63, 3.8) is 0 Å². The van der Waals surface area contributed by atoms with Gasteiger partial charge in [-0.25, -0.2) is 8.42 Å². The van der Waals surface area contributed by atoms with Crippen molar-refractivity contribution < 1.29 is 22.7 Å². The van der Waals surface area contributed by atoms with Crippen molar-refractivity contribution in [2.45, 2.75) is 24.2 Å². The molecule has 0 aliphatic carbocycles. The molecule has 160 valence electrons. The van der Waals surface area contributed by atoms with Gasteiger partial charge in [0.25, 0.3) is 0 Å². The Morgan fingerprint density at radius 3 is 2.13 bits per heavy atom. The van der Waals surface area contributed by atoms with Crippen molar-refractivity contribution in [2.24, 2.45) is 0 Å². The number of carbonyl (C=O) groups excluding carboxylic acids is 1. The Labute approximate surface area is 177 Å². The van der Waals surface area contributed by atoms with Crippen LogP contribution in [0.2, 0.25) is 0 Å². The van der Waals surface area contributed by atoms with E-state index in [1.165, 1.54) is 22.5 Å². The first-order valence-corrected chi connectivity index (χ1v) is 11.2. The molecule has 0 radical (unpaired) electrons. The number of anilines is 1. The molecule has 2 aromatic rings. The molecular weight excluding hydrogens is 404 g/mol. The van der Waals surface area contributed by atoms with Crippen LogP contribution in [0.25, 0.3) is 6.08 Å². The fourth-order valence-electron chi connectivity index (χ4n) is 3.25. The maximum atomic E-state index is 12.7. The first kappa shape index (κ1) is 21.9. The van der Waals surface area contributed by atoms with Crippen molar-refractivity contribution in [3.8, 4) is 11.5 Å². The molecule has 0 aromatic heterocycles. The van der Waals surface area contributed by atoms with E-state index >= 15 is 0 Å². The minimum atomic E-state index is -3.48. The zero-order chi connectivity index (χ0) is 21.6. The zero-order valence-electron chi connectivity index (χ0n) is 17.1. The maximum absolute atomic E-state index is 12.7. The Bertz CT molecular complexity index is 988. The van der Waals surface area contributed by atoms with Gasteiger partial charge in [-0.3, -0.25) is 4.79 Å². The highest BCUT2D eigenvalue weighted by molar-refractivity contribution is 7.89. The van der Waals surface area contributed by atoms with E-state index in [0.717, 1.165) is 24.8 Å². The SMILES string of the molecule is COc1cc(/C=C/C(=O)Nc2ccc(S(=O)(=O)N3CCCCC3)cc2)cc(OC)c1. The van der Waals surface area contributed by atoms with Gasteiger partial charge < -0.3 is 14.8 Å². The van der Waals surface area contributed by atoms with Crippen LogP contribution in [0.5, 0.6) is 11.5 Å². The van der Waals surface area contributed by atoms with Crippen LogP contribution in [-0.2, 0) is 14.8 Å². The number of amides is 1. The van der Waals surface area contributed by atoms with Gasteiger partial charge in [-0.1, -0.05) is 6.42 Å². The minimum Gasteiger partial charge on any atom is -0.497 e. The van der Waals surface area contributed by atoms with E-state index in [1.807, 2.05) is 0 Å². The summed E-state index contributed by atoms with van der Waals surface area (Å²) in [6, 6.07) is 11.6. The van der Waals surface area contributed by atoms with Crippen LogP contribution < -0.4 is 14.8 Å². The number of methoxy groups -OCH3 is 2. The fourth-order valence-corrected chi connectivity index (χ4v) is 4.76. The van der Waals surface area contributed by atoms with Crippen molar-refractivity contribution in [1.82, 2.24) is 4.31 Å². The molecule has 8 heteroatoms. The topological polar surface area (TPSA) is 84.9 Å². The Balaban J connectivity index is 1.65. The summed E-state index contributed by atoms with van der Waals surface area (Å²) in [5.41, 5.74) is 1.27. The van der Waals surface area contributed by atoms with Gasteiger partial charge in [0.1, 0.15) is 11.5 Å². The third-order valence-corrected chi connectivity index (χ3v) is 6.79. The fraction of sp³-hybridized carbons (Fsp3) is 0.318. The predicted octanol–water partition coefficient (Wildman–Crippen LogP) is 3.53. The molecule has 3 rings (SSSR count). The van der Waals surface area contributed by atoms with Crippen LogP contribution in [0.1, 0.15) is 24.8 Å². The summed E-state index contributed by atoms with van der Waals surface area (Å²) in [5, 5.41) is 2.73. The van der Waals surface area contributed by atoms with Gasteiger partial charge in [-0.2, -0.15) is 4.31 Å². The largest absolute Gasteiger partial charge is 0.497 e.